The molecule has 5 nitrogen and oxygen atoms in total. The third kappa shape index (κ3) is 2.26. The molecule has 0 bridgehead atoms. The number of aromatic nitrogens is 4. The van der Waals surface area contributed by atoms with E-state index in [0.29, 0.717) is 6.04 Å². The lowest BCUT2D eigenvalue weighted by Gasteiger charge is -2.23. The largest absolute Gasteiger partial charge is 0.310 e. The Balaban J connectivity index is 2.01. The zero-order valence-corrected chi connectivity index (χ0v) is 11.4. The first-order valence-electron chi connectivity index (χ1n) is 6.88. The van der Waals surface area contributed by atoms with Crippen LogP contribution in [0.4, 0.5) is 0 Å². The Kier molecular flexibility index (Phi) is 3.29. The monoisotopic (exact) mass is 257 g/mol. The number of aryl methyl sites for hydroxylation is 1. The van der Waals surface area contributed by atoms with Gasteiger partial charge in [0.05, 0.1) is 11.9 Å². The molecule has 2 aromatic heterocycles. The van der Waals surface area contributed by atoms with Gasteiger partial charge in [0, 0.05) is 23.4 Å². The van der Waals surface area contributed by atoms with Crippen LogP contribution >= 0.6 is 0 Å². The number of rotatable bonds is 3. The average Bonchev–Trinajstić information content (AvgIpc) is 2.84. The summed E-state index contributed by atoms with van der Waals surface area (Å²) in [6.07, 6.45) is 7.04. The molecule has 1 atom stereocenters. The van der Waals surface area contributed by atoms with Gasteiger partial charge < -0.3 is 5.32 Å². The molecule has 0 aromatic carbocycles. The van der Waals surface area contributed by atoms with Gasteiger partial charge in [-0.1, -0.05) is 6.92 Å². The van der Waals surface area contributed by atoms with Crippen LogP contribution in [0, 0.1) is 6.92 Å². The van der Waals surface area contributed by atoms with Gasteiger partial charge in [0.15, 0.2) is 5.82 Å². The number of hydrogen-bond acceptors (Lipinski definition) is 4. The van der Waals surface area contributed by atoms with Crippen molar-refractivity contribution in [2.24, 2.45) is 0 Å². The first-order chi connectivity index (χ1) is 9.29. The summed E-state index contributed by atoms with van der Waals surface area (Å²) in [4.78, 5) is 8.47. The maximum Gasteiger partial charge on any atom is 0.157 e. The van der Waals surface area contributed by atoms with Crippen LogP contribution < -0.4 is 5.32 Å². The van der Waals surface area contributed by atoms with Crippen molar-refractivity contribution in [2.75, 3.05) is 6.54 Å². The molecule has 0 radical (unpaired) electrons. The van der Waals surface area contributed by atoms with Crippen molar-refractivity contribution in [2.45, 2.75) is 39.2 Å². The van der Waals surface area contributed by atoms with Gasteiger partial charge in [-0.2, -0.15) is 5.10 Å². The Morgan fingerprint density at radius 2 is 2.32 bits per heavy atom. The van der Waals surface area contributed by atoms with Crippen LogP contribution in [0.15, 0.2) is 18.6 Å². The Morgan fingerprint density at radius 3 is 3.11 bits per heavy atom. The van der Waals surface area contributed by atoms with E-state index in [-0.39, 0.29) is 0 Å². The molecule has 0 saturated heterocycles. The second kappa shape index (κ2) is 5.09. The fourth-order valence-electron chi connectivity index (χ4n) is 2.77. The molecule has 1 aliphatic carbocycles. The minimum Gasteiger partial charge on any atom is -0.310 e. The van der Waals surface area contributed by atoms with Crippen molar-refractivity contribution < 1.29 is 0 Å². The summed E-state index contributed by atoms with van der Waals surface area (Å²) in [7, 11) is 0. The van der Waals surface area contributed by atoms with Gasteiger partial charge in [0.25, 0.3) is 0 Å². The van der Waals surface area contributed by atoms with Gasteiger partial charge in [-0.3, -0.25) is 0 Å². The van der Waals surface area contributed by atoms with E-state index in [0.717, 1.165) is 24.5 Å². The van der Waals surface area contributed by atoms with Crippen LogP contribution in [0.3, 0.4) is 0 Å². The lowest BCUT2D eigenvalue weighted by Crippen LogP contribution is -2.25. The fraction of sp³-hybridized carbons (Fsp3) is 0.500. The molecular formula is C14H19N5. The third-order valence-corrected chi connectivity index (χ3v) is 3.64. The van der Waals surface area contributed by atoms with Crippen LogP contribution in [0.1, 0.15) is 42.8 Å². The van der Waals surface area contributed by atoms with E-state index >= 15 is 0 Å². The molecule has 100 valence electrons. The highest BCUT2D eigenvalue weighted by Crippen LogP contribution is 2.30. The van der Waals surface area contributed by atoms with Crippen molar-refractivity contribution >= 4 is 0 Å². The van der Waals surface area contributed by atoms with E-state index in [9.17, 15) is 0 Å². The standard InChI is InChI=1S/C14H19N5/c1-3-15-12-5-4-6-13-11(12)8-18-19(13)14-7-10(2)16-9-17-14/h7-9,12,15H,3-6H2,1-2H3. The predicted molar refractivity (Wildman–Crippen MR) is 73.2 cm³/mol. The molecule has 1 unspecified atom stereocenters. The zero-order chi connectivity index (χ0) is 13.2. The van der Waals surface area contributed by atoms with E-state index in [4.69, 9.17) is 0 Å². The summed E-state index contributed by atoms with van der Waals surface area (Å²) in [5, 5.41) is 8.06. The predicted octanol–water partition coefficient (Wildman–Crippen LogP) is 1.96. The Morgan fingerprint density at radius 1 is 1.42 bits per heavy atom. The van der Waals surface area contributed by atoms with Crippen molar-refractivity contribution in [1.82, 2.24) is 25.1 Å². The molecule has 3 rings (SSSR count). The zero-order valence-electron chi connectivity index (χ0n) is 11.4. The maximum absolute atomic E-state index is 4.53. The van der Waals surface area contributed by atoms with Crippen LogP contribution in [0.25, 0.3) is 5.82 Å². The van der Waals surface area contributed by atoms with E-state index in [1.165, 1.54) is 24.1 Å². The van der Waals surface area contributed by atoms with Gasteiger partial charge in [-0.15, -0.1) is 0 Å². The molecule has 5 heteroatoms. The Hall–Kier alpha value is -1.75. The first kappa shape index (κ1) is 12.3. The SMILES string of the molecule is CCNC1CCCc2c1cnn2-c1cc(C)ncn1. The van der Waals surface area contributed by atoms with Crippen molar-refractivity contribution in [3.8, 4) is 5.82 Å². The minimum atomic E-state index is 0.436. The van der Waals surface area contributed by atoms with Crippen molar-refractivity contribution in [1.29, 1.82) is 0 Å². The molecule has 19 heavy (non-hydrogen) atoms. The van der Waals surface area contributed by atoms with E-state index in [2.05, 4.69) is 27.3 Å². The molecule has 2 heterocycles. The molecule has 0 fully saturated rings. The third-order valence-electron chi connectivity index (χ3n) is 3.64. The summed E-state index contributed by atoms with van der Waals surface area (Å²) < 4.78 is 1.97. The summed E-state index contributed by atoms with van der Waals surface area (Å²) in [5.41, 5.74) is 3.58. The van der Waals surface area contributed by atoms with Crippen molar-refractivity contribution in [3.05, 3.63) is 35.5 Å². The number of nitrogens with one attached hydrogen (secondary N) is 1. The molecular weight excluding hydrogens is 238 g/mol. The molecule has 1 N–H and O–H groups in total. The number of fused-ring (bicyclic) bond motifs is 1. The van der Waals surface area contributed by atoms with Gasteiger partial charge in [-0.25, -0.2) is 14.6 Å². The molecule has 0 amide bonds. The van der Waals surface area contributed by atoms with Gasteiger partial charge in [-0.05, 0) is 32.7 Å². The number of nitrogens with zero attached hydrogens (tertiary/aromatic N) is 4. The van der Waals surface area contributed by atoms with E-state index in [1.54, 1.807) is 6.33 Å². The Labute approximate surface area is 113 Å². The topological polar surface area (TPSA) is 55.6 Å². The number of hydrogen-bond donors (Lipinski definition) is 1. The van der Waals surface area contributed by atoms with Crippen LogP contribution in [0.5, 0.6) is 0 Å². The van der Waals surface area contributed by atoms with Crippen molar-refractivity contribution in [3.63, 3.8) is 0 Å². The van der Waals surface area contributed by atoms with Crippen LogP contribution in [-0.4, -0.2) is 26.3 Å². The molecule has 0 spiro atoms. The second-order valence-corrected chi connectivity index (χ2v) is 4.98. The fourth-order valence-corrected chi connectivity index (χ4v) is 2.77. The average molecular weight is 257 g/mol. The van der Waals surface area contributed by atoms with E-state index in [1.807, 2.05) is 23.9 Å². The smallest absolute Gasteiger partial charge is 0.157 e. The van der Waals surface area contributed by atoms with Crippen LogP contribution in [-0.2, 0) is 6.42 Å². The molecule has 1 aliphatic rings. The molecule has 0 aliphatic heterocycles. The minimum absolute atomic E-state index is 0.436. The summed E-state index contributed by atoms with van der Waals surface area (Å²) in [5.74, 6) is 0.867. The molecule has 0 saturated carbocycles. The lowest BCUT2D eigenvalue weighted by molar-refractivity contribution is 0.466. The van der Waals surface area contributed by atoms with Crippen LogP contribution in [0.2, 0.25) is 0 Å². The normalized spacial score (nSPS) is 18.3. The summed E-state index contributed by atoms with van der Waals surface area (Å²) in [6.45, 7) is 5.11. The van der Waals surface area contributed by atoms with Gasteiger partial charge in [0.2, 0.25) is 0 Å². The molecule has 2 aromatic rings. The highest BCUT2D eigenvalue weighted by Gasteiger charge is 2.24. The maximum atomic E-state index is 4.53. The highest BCUT2D eigenvalue weighted by atomic mass is 15.3. The van der Waals surface area contributed by atoms with Gasteiger partial charge in [0.1, 0.15) is 6.33 Å². The Bertz CT molecular complexity index is 575. The summed E-state index contributed by atoms with van der Waals surface area (Å²) in [6, 6.07) is 2.41. The first-order valence-corrected chi connectivity index (χ1v) is 6.88. The lowest BCUT2D eigenvalue weighted by atomic mass is 9.93. The van der Waals surface area contributed by atoms with E-state index < -0.39 is 0 Å². The highest BCUT2D eigenvalue weighted by molar-refractivity contribution is 5.32. The van der Waals surface area contributed by atoms with Gasteiger partial charge >= 0.3 is 0 Å². The second-order valence-electron chi connectivity index (χ2n) is 4.98. The quantitative estimate of drug-likeness (QED) is 0.913. The summed E-state index contributed by atoms with van der Waals surface area (Å²) >= 11 is 0.